The van der Waals surface area contributed by atoms with Crippen LogP contribution in [0.25, 0.3) is 0 Å². The number of nitrogens with zero attached hydrogens (tertiary/aromatic N) is 1. The molecule has 1 heterocycles. The van der Waals surface area contributed by atoms with E-state index in [0.717, 1.165) is 5.69 Å². The second kappa shape index (κ2) is 4.95. The average Bonchev–Trinajstić information content (AvgIpc) is 2.15. The number of carbonyl (C=O) groups excluding carboxylic acids is 1. The Morgan fingerprint density at radius 3 is 2.53 bits per heavy atom. The van der Waals surface area contributed by atoms with Gasteiger partial charge in [0.05, 0.1) is 12.0 Å². The molecule has 0 aliphatic carbocycles. The van der Waals surface area contributed by atoms with Gasteiger partial charge in [0.1, 0.15) is 0 Å². The zero-order valence-electron chi connectivity index (χ0n) is 10.2. The maximum Gasteiger partial charge on any atom is 0.305 e. The Hall–Kier alpha value is -1.91. The monoisotopic (exact) mass is 236 g/mol. The van der Waals surface area contributed by atoms with Crippen LogP contribution in [0.15, 0.2) is 18.3 Å². The number of rotatable bonds is 4. The smallest absolute Gasteiger partial charge is 0.305 e. The zero-order valence-corrected chi connectivity index (χ0v) is 10.2. The lowest BCUT2D eigenvalue weighted by Gasteiger charge is -2.24. The number of pyridine rings is 1. The third-order valence-electron chi connectivity index (χ3n) is 2.22. The van der Waals surface area contributed by atoms with Crippen molar-refractivity contribution in [1.29, 1.82) is 0 Å². The molecule has 0 unspecified atom stereocenters. The molecule has 0 aliphatic heterocycles. The molecule has 0 fully saturated rings. The zero-order chi connectivity index (χ0) is 13.1. The third kappa shape index (κ3) is 4.22. The van der Waals surface area contributed by atoms with Crippen LogP contribution in [0.1, 0.15) is 36.3 Å². The van der Waals surface area contributed by atoms with Gasteiger partial charge in [-0.3, -0.25) is 14.6 Å². The quantitative estimate of drug-likeness (QED) is 0.827. The fourth-order valence-corrected chi connectivity index (χ4v) is 1.40. The minimum Gasteiger partial charge on any atom is -0.481 e. The fraction of sp³-hybridized carbons (Fsp3) is 0.417. The Balaban J connectivity index is 2.72. The summed E-state index contributed by atoms with van der Waals surface area (Å²) in [5.41, 5.74) is 0.466. The van der Waals surface area contributed by atoms with Gasteiger partial charge in [-0.2, -0.15) is 0 Å². The minimum atomic E-state index is -0.947. The van der Waals surface area contributed by atoms with E-state index in [9.17, 15) is 9.59 Å². The SMILES string of the molecule is Cc1ccc(C(=O)NC(C)(C)CC(=O)O)cn1. The molecule has 0 bridgehead atoms. The van der Waals surface area contributed by atoms with Gasteiger partial charge in [0.25, 0.3) is 5.91 Å². The Morgan fingerprint density at radius 1 is 1.41 bits per heavy atom. The molecule has 2 N–H and O–H groups in total. The van der Waals surface area contributed by atoms with Crippen molar-refractivity contribution in [3.05, 3.63) is 29.6 Å². The number of nitrogens with one attached hydrogen (secondary N) is 1. The normalized spacial score (nSPS) is 11.0. The van der Waals surface area contributed by atoms with E-state index in [-0.39, 0.29) is 12.3 Å². The molecule has 0 saturated heterocycles. The van der Waals surface area contributed by atoms with Gasteiger partial charge in [0.2, 0.25) is 0 Å². The van der Waals surface area contributed by atoms with Crippen molar-refractivity contribution in [3.63, 3.8) is 0 Å². The van der Waals surface area contributed by atoms with Crippen LogP contribution in [0.5, 0.6) is 0 Å². The van der Waals surface area contributed by atoms with Crippen LogP contribution in [0.4, 0.5) is 0 Å². The Morgan fingerprint density at radius 2 is 2.06 bits per heavy atom. The van der Waals surface area contributed by atoms with Gasteiger partial charge >= 0.3 is 5.97 Å². The summed E-state index contributed by atoms with van der Waals surface area (Å²) >= 11 is 0. The van der Waals surface area contributed by atoms with E-state index >= 15 is 0 Å². The number of carboxylic acid groups (broad SMARTS) is 1. The first-order valence-electron chi connectivity index (χ1n) is 5.27. The van der Waals surface area contributed by atoms with Crippen molar-refractivity contribution in [2.24, 2.45) is 0 Å². The van der Waals surface area contributed by atoms with E-state index in [1.54, 1.807) is 26.0 Å². The Bertz CT molecular complexity index is 424. The van der Waals surface area contributed by atoms with Crippen molar-refractivity contribution >= 4 is 11.9 Å². The Kier molecular flexibility index (Phi) is 3.83. The molecular formula is C12H16N2O3. The number of aliphatic carboxylic acids is 1. The van der Waals surface area contributed by atoms with Gasteiger partial charge in [-0.05, 0) is 32.9 Å². The number of hydrogen-bond acceptors (Lipinski definition) is 3. The first-order valence-corrected chi connectivity index (χ1v) is 5.27. The van der Waals surface area contributed by atoms with Gasteiger partial charge in [-0.1, -0.05) is 0 Å². The summed E-state index contributed by atoms with van der Waals surface area (Å²) in [7, 11) is 0. The molecule has 0 radical (unpaired) electrons. The number of hydrogen-bond donors (Lipinski definition) is 2. The molecule has 0 aliphatic rings. The van der Waals surface area contributed by atoms with E-state index in [2.05, 4.69) is 10.3 Å². The van der Waals surface area contributed by atoms with Crippen LogP contribution in [0, 0.1) is 6.92 Å². The van der Waals surface area contributed by atoms with Crippen LogP contribution >= 0.6 is 0 Å². The minimum absolute atomic E-state index is 0.127. The molecule has 92 valence electrons. The molecule has 0 aromatic carbocycles. The lowest BCUT2D eigenvalue weighted by Crippen LogP contribution is -2.44. The molecule has 1 rings (SSSR count). The third-order valence-corrected chi connectivity index (χ3v) is 2.22. The van der Waals surface area contributed by atoms with E-state index < -0.39 is 11.5 Å². The van der Waals surface area contributed by atoms with Crippen LogP contribution in [0.3, 0.4) is 0 Å². The molecule has 1 amide bonds. The van der Waals surface area contributed by atoms with Crippen molar-refractivity contribution < 1.29 is 14.7 Å². The molecule has 5 heteroatoms. The number of amides is 1. The van der Waals surface area contributed by atoms with Crippen LogP contribution in [-0.2, 0) is 4.79 Å². The summed E-state index contributed by atoms with van der Waals surface area (Å²) in [5.74, 6) is -1.26. The first kappa shape index (κ1) is 13.2. The van der Waals surface area contributed by atoms with Crippen LogP contribution in [0.2, 0.25) is 0 Å². The summed E-state index contributed by atoms with van der Waals surface area (Å²) in [5, 5.41) is 11.4. The molecule has 0 spiro atoms. The predicted octanol–water partition coefficient (Wildman–Crippen LogP) is 1.37. The highest BCUT2D eigenvalue weighted by atomic mass is 16.4. The fourth-order valence-electron chi connectivity index (χ4n) is 1.40. The number of carboxylic acids is 1. The van der Waals surface area contributed by atoms with Gasteiger partial charge in [0, 0.05) is 17.4 Å². The highest BCUT2D eigenvalue weighted by Crippen LogP contribution is 2.10. The molecule has 5 nitrogen and oxygen atoms in total. The average molecular weight is 236 g/mol. The lowest BCUT2D eigenvalue weighted by atomic mass is 10.0. The highest BCUT2D eigenvalue weighted by molar-refractivity contribution is 5.94. The van der Waals surface area contributed by atoms with Gasteiger partial charge < -0.3 is 10.4 Å². The van der Waals surface area contributed by atoms with E-state index in [1.807, 2.05) is 6.92 Å². The van der Waals surface area contributed by atoms with Crippen molar-refractivity contribution in [1.82, 2.24) is 10.3 Å². The lowest BCUT2D eigenvalue weighted by molar-refractivity contribution is -0.138. The Labute approximate surface area is 99.9 Å². The van der Waals surface area contributed by atoms with Gasteiger partial charge in [0.15, 0.2) is 0 Å². The van der Waals surface area contributed by atoms with Crippen molar-refractivity contribution in [2.75, 3.05) is 0 Å². The largest absolute Gasteiger partial charge is 0.481 e. The number of aromatic nitrogens is 1. The number of aryl methyl sites for hydroxylation is 1. The van der Waals surface area contributed by atoms with Gasteiger partial charge in [-0.25, -0.2) is 0 Å². The summed E-state index contributed by atoms with van der Waals surface area (Å²) in [6.07, 6.45) is 1.35. The molecule has 17 heavy (non-hydrogen) atoms. The summed E-state index contributed by atoms with van der Waals surface area (Å²) in [6, 6.07) is 3.40. The maximum atomic E-state index is 11.8. The summed E-state index contributed by atoms with van der Waals surface area (Å²) in [4.78, 5) is 26.4. The molecule has 0 saturated carbocycles. The van der Waals surface area contributed by atoms with Crippen LogP contribution < -0.4 is 5.32 Å². The summed E-state index contributed by atoms with van der Waals surface area (Å²) in [6.45, 7) is 5.16. The van der Waals surface area contributed by atoms with E-state index in [4.69, 9.17) is 5.11 Å². The topological polar surface area (TPSA) is 79.3 Å². The first-order chi connectivity index (χ1) is 7.80. The van der Waals surface area contributed by atoms with Crippen LogP contribution in [-0.4, -0.2) is 27.5 Å². The van der Waals surface area contributed by atoms with Crippen molar-refractivity contribution in [2.45, 2.75) is 32.7 Å². The van der Waals surface area contributed by atoms with E-state index in [1.165, 1.54) is 6.20 Å². The highest BCUT2D eigenvalue weighted by Gasteiger charge is 2.24. The van der Waals surface area contributed by atoms with Gasteiger partial charge in [-0.15, -0.1) is 0 Å². The predicted molar refractivity (Wildman–Crippen MR) is 62.8 cm³/mol. The molecule has 1 aromatic rings. The molecular weight excluding hydrogens is 220 g/mol. The van der Waals surface area contributed by atoms with E-state index in [0.29, 0.717) is 5.56 Å². The molecule has 0 atom stereocenters. The second-order valence-electron chi connectivity index (χ2n) is 4.60. The van der Waals surface area contributed by atoms with Crippen molar-refractivity contribution in [3.8, 4) is 0 Å². The summed E-state index contributed by atoms with van der Waals surface area (Å²) < 4.78 is 0. The second-order valence-corrected chi connectivity index (χ2v) is 4.60. The standard InChI is InChI=1S/C12H16N2O3/c1-8-4-5-9(7-13-8)11(17)14-12(2,3)6-10(15)16/h4-5,7H,6H2,1-3H3,(H,14,17)(H,15,16). The molecule has 1 aromatic heterocycles. The maximum absolute atomic E-state index is 11.8. The number of carbonyl (C=O) groups is 2.